The number of urea groups is 1. The standard InChI is InChI=1S/C19H17N3O3S/c23-19(21-9-13-3-4-16-17(7-13)25-12-24-16)22-10-14-6-15(11-20-8-14)18-2-1-5-26-18/h1-8,11H,9-10,12H2,(H2,21,22,23). The Kier molecular flexibility index (Phi) is 4.70. The minimum Gasteiger partial charge on any atom is -0.454 e. The molecule has 4 rings (SSSR count). The van der Waals surface area contributed by atoms with Crippen molar-refractivity contribution in [3.8, 4) is 21.9 Å². The van der Waals surface area contributed by atoms with Gasteiger partial charge in [-0.1, -0.05) is 12.1 Å². The Morgan fingerprint density at radius 3 is 2.73 bits per heavy atom. The molecule has 0 radical (unpaired) electrons. The van der Waals surface area contributed by atoms with Gasteiger partial charge < -0.3 is 20.1 Å². The van der Waals surface area contributed by atoms with Gasteiger partial charge in [0.25, 0.3) is 0 Å². The zero-order chi connectivity index (χ0) is 17.8. The summed E-state index contributed by atoms with van der Waals surface area (Å²) in [5, 5.41) is 7.72. The van der Waals surface area contributed by atoms with E-state index < -0.39 is 0 Å². The predicted octanol–water partition coefficient (Wildman–Crippen LogP) is 3.54. The Balaban J connectivity index is 1.30. The zero-order valence-corrected chi connectivity index (χ0v) is 14.7. The van der Waals surface area contributed by atoms with Gasteiger partial charge in [-0.05, 0) is 40.8 Å². The number of rotatable bonds is 5. The maximum atomic E-state index is 12.0. The molecule has 0 saturated carbocycles. The fourth-order valence-electron chi connectivity index (χ4n) is 2.64. The summed E-state index contributed by atoms with van der Waals surface area (Å²) in [4.78, 5) is 17.5. The molecule has 3 aromatic rings. The highest BCUT2D eigenvalue weighted by Crippen LogP contribution is 2.32. The summed E-state index contributed by atoms with van der Waals surface area (Å²) in [6.07, 6.45) is 3.59. The van der Waals surface area contributed by atoms with Crippen molar-refractivity contribution in [3.05, 3.63) is 65.3 Å². The van der Waals surface area contributed by atoms with Crippen molar-refractivity contribution in [2.24, 2.45) is 0 Å². The van der Waals surface area contributed by atoms with E-state index in [2.05, 4.69) is 21.7 Å². The minimum atomic E-state index is -0.232. The van der Waals surface area contributed by atoms with Crippen LogP contribution in [-0.2, 0) is 13.1 Å². The van der Waals surface area contributed by atoms with Crippen LogP contribution in [0.25, 0.3) is 10.4 Å². The van der Waals surface area contributed by atoms with Gasteiger partial charge in [0.05, 0.1) is 0 Å². The Hall–Kier alpha value is -3.06. The van der Waals surface area contributed by atoms with Gasteiger partial charge in [-0.2, -0.15) is 0 Å². The van der Waals surface area contributed by atoms with Crippen LogP contribution < -0.4 is 20.1 Å². The lowest BCUT2D eigenvalue weighted by Crippen LogP contribution is -2.34. The van der Waals surface area contributed by atoms with E-state index >= 15 is 0 Å². The average Bonchev–Trinajstić information content (AvgIpc) is 3.36. The molecule has 2 aromatic heterocycles. The van der Waals surface area contributed by atoms with Crippen molar-refractivity contribution in [2.45, 2.75) is 13.1 Å². The molecule has 0 saturated heterocycles. The molecule has 7 heteroatoms. The van der Waals surface area contributed by atoms with Crippen molar-refractivity contribution < 1.29 is 14.3 Å². The number of fused-ring (bicyclic) bond motifs is 1. The van der Waals surface area contributed by atoms with Crippen LogP contribution in [0, 0.1) is 0 Å². The Morgan fingerprint density at radius 2 is 1.88 bits per heavy atom. The van der Waals surface area contributed by atoms with Crippen molar-refractivity contribution in [1.29, 1.82) is 0 Å². The zero-order valence-electron chi connectivity index (χ0n) is 13.9. The van der Waals surface area contributed by atoms with Crippen LogP contribution in [0.3, 0.4) is 0 Å². The van der Waals surface area contributed by atoms with E-state index in [0.29, 0.717) is 18.8 Å². The number of thiophene rings is 1. The first kappa shape index (κ1) is 16.4. The maximum absolute atomic E-state index is 12.0. The summed E-state index contributed by atoms with van der Waals surface area (Å²) in [6, 6.07) is 11.5. The molecule has 26 heavy (non-hydrogen) atoms. The van der Waals surface area contributed by atoms with E-state index in [0.717, 1.165) is 27.3 Å². The van der Waals surface area contributed by atoms with E-state index in [1.807, 2.05) is 41.9 Å². The Bertz CT molecular complexity index is 912. The highest BCUT2D eigenvalue weighted by atomic mass is 32.1. The summed E-state index contributed by atoms with van der Waals surface area (Å²) >= 11 is 1.66. The molecule has 0 atom stereocenters. The van der Waals surface area contributed by atoms with E-state index in [-0.39, 0.29) is 12.8 Å². The third-order valence-electron chi connectivity index (χ3n) is 3.94. The molecule has 0 fully saturated rings. The van der Waals surface area contributed by atoms with Gasteiger partial charge in [-0.25, -0.2) is 4.79 Å². The lowest BCUT2D eigenvalue weighted by Gasteiger charge is -2.09. The molecule has 1 aliphatic rings. The molecule has 2 amide bonds. The van der Waals surface area contributed by atoms with Crippen molar-refractivity contribution in [3.63, 3.8) is 0 Å². The fraction of sp³-hybridized carbons (Fsp3) is 0.158. The summed E-state index contributed by atoms with van der Waals surface area (Å²) in [7, 11) is 0. The lowest BCUT2D eigenvalue weighted by molar-refractivity contribution is 0.174. The maximum Gasteiger partial charge on any atom is 0.315 e. The van der Waals surface area contributed by atoms with Gasteiger partial charge >= 0.3 is 6.03 Å². The molecule has 0 aliphatic carbocycles. The summed E-state index contributed by atoms with van der Waals surface area (Å²) in [5.41, 5.74) is 2.96. The van der Waals surface area contributed by atoms with Crippen molar-refractivity contribution >= 4 is 17.4 Å². The molecule has 2 N–H and O–H groups in total. The predicted molar refractivity (Wildman–Crippen MR) is 99.2 cm³/mol. The van der Waals surface area contributed by atoms with E-state index in [1.54, 1.807) is 17.5 Å². The number of hydrogen-bond acceptors (Lipinski definition) is 5. The minimum absolute atomic E-state index is 0.232. The van der Waals surface area contributed by atoms with Crippen molar-refractivity contribution in [1.82, 2.24) is 15.6 Å². The number of carbonyl (C=O) groups excluding carboxylic acids is 1. The lowest BCUT2D eigenvalue weighted by atomic mass is 10.2. The van der Waals surface area contributed by atoms with E-state index in [1.165, 1.54) is 0 Å². The van der Waals surface area contributed by atoms with E-state index in [4.69, 9.17) is 9.47 Å². The molecule has 0 spiro atoms. The Labute approximate surface area is 154 Å². The van der Waals surface area contributed by atoms with Crippen LogP contribution in [0.1, 0.15) is 11.1 Å². The summed E-state index contributed by atoms with van der Waals surface area (Å²) in [6.45, 7) is 1.07. The highest BCUT2D eigenvalue weighted by Gasteiger charge is 2.13. The van der Waals surface area contributed by atoms with Gasteiger partial charge in [0.15, 0.2) is 11.5 Å². The number of aromatic nitrogens is 1. The fourth-order valence-corrected chi connectivity index (χ4v) is 3.35. The molecule has 0 unspecified atom stereocenters. The normalized spacial score (nSPS) is 12.0. The van der Waals surface area contributed by atoms with Crippen LogP contribution in [0.4, 0.5) is 4.79 Å². The molecular weight excluding hydrogens is 350 g/mol. The van der Waals surface area contributed by atoms with Gasteiger partial charge in [0, 0.05) is 35.9 Å². The second kappa shape index (κ2) is 7.45. The van der Waals surface area contributed by atoms with Gasteiger partial charge in [-0.3, -0.25) is 4.98 Å². The quantitative estimate of drug-likeness (QED) is 0.723. The van der Waals surface area contributed by atoms with E-state index in [9.17, 15) is 4.79 Å². The van der Waals surface area contributed by atoms with Gasteiger partial charge in [-0.15, -0.1) is 11.3 Å². The average molecular weight is 367 g/mol. The molecule has 6 nitrogen and oxygen atoms in total. The number of benzene rings is 1. The number of pyridine rings is 1. The van der Waals surface area contributed by atoms with Crippen LogP contribution in [-0.4, -0.2) is 17.8 Å². The number of amides is 2. The van der Waals surface area contributed by atoms with Gasteiger partial charge in [0.1, 0.15) is 0 Å². The number of nitrogens with zero attached hydrogens (tertiary/aromatic N) is 1. The van der Waals surface area contributed by atoms with Crippen LogP contribution in [0.5, 0.6) is 11.5 Å². The number of hydrogen-bond donors (Lipinski definition) is 2. The van der Waals surface area contributed by atoms with Gasteiger partial charge in [0.2, 0.25) is 6.79 Å². The van der Waals surface area contributed by atoms with Crippen LogP contribution in [0.2, 0.25) is 0 Å². The molecule has 0 bridgehead atoms. The number of carbonyl (C=O) groups is 1. The molecule has 1 aromatic carbocycles. The summed E-state index contributed by atoms with van der Waals surface area (Å²) in [5.74, 6) is 1.44. The second-order valence-corrected chi connectivity index (χ2v) is 6.73. The number of nitrogens with one attached hydrogen (secondary N) is 2. The number of ether oxygens (including phenoxy) is 2. The topological polar surface area (TPSA) is 72.5 Å². The first-order chi connectivity index (χ1) is 12.8. The molecular formula is C19H17N3O3S. The summed E-state index contributed by atoms with van der Waals surface area (Å²) < 4.78 is 10.6. The Morgan fingerprint density at radius 1 is 1.04 bits per heavy atom. The van der Waals surface area contributed by atoms with Crippen LogP contribution in [0.15, 0.2) is 54.2 Å². The first-order valence-corrected chi connectivity index (χ1v) is 9.04. The molecule has 132 valence electrons. The first-order valence-electron chi connectivity index (χ1n) is 8.16. The molecule has 1 aliphatic heterocycles. The largest absolute Gasteiger partial charge is 0.454 e. The smallest absolute Gasteiger partial charge is 0.315 e. The van der Waals surface area contributed by atoms with Crippen molar-refractivity contribution in [2.75, 3.05) is 6.79 Å². The second-order valence-electron chi connectivity index (χ2n) is 5.78. The highest BCUT2D eigenvalue weighted by molar-refractivity contribution is 7.13. The third-order valence-corrected chi connectivity index (χ3v) is 4.86. The third kappa shape index (κ3) is 3.78. The van der Waals surface area contributed by atoms with Crippen LogP contribution >= 0.6 is 11.3 Å². The monoisotopic (exact) mass is 367 g/mol. The molecule has 3 heterocycles. The SMILES string of the molecule is O=C(NCc1cncc(-c2cccs2)c1)NCc1ccc2c(c1)OCO2.